The van der Waals surface area contributed by atoms with Crippen LogP contribution in [0, 0.1) is 5.92 Å². The molecule has 1 N–H and O–H groups in total. The quantitative estimate of drug-likeness (QED) is 0.486. The zero-order chi connectivity index (χ0) is 21.3. The van der Waals surface area contributed by atoms with E-state index in [1.807, 2.05) is 0 Å². The standard InChI is InChI=1S/C20H43NO4Si2/c1-19(2,3)26(8,9)24-13-15-12-16(21-17(15)18(22)23-7)14-25-27(10,11)20(4,5)6/h15-17,21H,12-14H2,1-11H3/t15-,16+,17+/m1/s1. The Morgan fingerprint density at radius 3 is 1.78 bits per heavy atom. The highest BCUT2D eigenvalue weighted by molar-refractivity contribution is 6.74. The molecule has 0 aromatic heterocycles. The number of hydrogen-bond donors (Lipinski definition) is 1. The van der Waals surface area contributed by atoms with Gasteiger partial charge in [0.2, 0.25) is 0 Å². The normalized spacial score (nSPS) is 24.9. The summed E-state index contributed by atoms with van der Waals surface area (Å²) in [6, 6.07) is -0.149. The Morgan fingerprint density at radius 2 is 1.37 bits per heavy atom. The molecule has 7 heteroatoms. The summed E-state index contributed by atoms with van der Waals surface area (Å²) < 4.78 is 17.8. The lowest BCUT2D eigenvalue weighted by Gasteiger charge is -2.37. The van der Waals surface area contributed by atoms with Crippen LogP contribution in [0.2, 0.25) is 36.3 Å². The van der Waals surface area contributed by atoms with Crippen LogP contribution in [0.25, 0.3) is 0 Å². The minimum atomic E-state index is -1.85. The molecule has 1 aliphatic rings. The molecule has 0 saturated carbocycles. The van der Waals surface area contributed by atoms with Gasteiger partial charge in [0.25, 0.3) is 0 Å². The van der Waals surface area contributed by atoms with Crippen molar-refractivity contribution in [3.63, 3.8) is 0 Å². The van der Waals surface area contributed by atoms with Crippen LogP contribution in [0.4, 0.5) is 0 Å². The molecule has 0 radical (unpaired) electrons. The molecule has 160 valence electrons. The number of ether oxygens (including phenoxy) is 1. The van der Waals surface area contributed by atoms with Gasteiger partial charge in [-0.1, -0.05) is 41.5 Å². The Hall–Kier alpha value is -0.216. The van der Waals surface area contributed by atoms with Crippen LogP contribution in [0.5, 0.6) is 0 Å². The van der Waals surface area contributed by atoms with E-state index in [0.717, 1.165) is 6.42 Å². The van der Waals surface area contributed by atoms with Gasteiger partial charge in [-0.25, -0.2) is 0 Å². The van der Waals surface area contributed by atoms with Crippen molar-refractivity contribution in [1.29, 1.82) is 0 Å². The molecule has 3 atom stereocenters. The summed E-state index contributed by atoms with van der Waals surface area (Å²) in [7, 11) is -2.20. The highest BCUT2D eigenvalue weighted by Crippen LogP contribution is 2.38. The zero-order valence-corrected chi connectivity index (χ0v) is 21.5. The lowest BCUT2D eigenvalue weighted by Crippen LogP contribution is -2.46. The molecule has 0 amide bonds. The number of carbonyl (C=O) groups is 1. The van der Waals surface area contributed by atoms with Gasteiger partial charge in [0, 0.05) is 25.2 Å². The van der Waals surface area contributed by atoms with Crippen molar-refractivity contribution in [3.8, 4) is 0 Å². The molecule has 0 unspecified atom stereocenters. The first-order chi connectivity index (χ1) is 12.0. The van der Waals surface area contributed by atoms with Crippen molar-refractivity contribution < 1.29 is 18.4 Å². The second-order valence-corrected chi connectivity index (χ2v) is 20.6. The van der Waals surface area contributed by atoms with Gasteiger partial charge in [0.1, 0.15) is 6.04 Å². The van der Waals surface area contributed by atoms with E-state index in [0.29, 0.717) is 13.2 Å². The summed E-state index contributed by atoms with van der Waals surface area (Å²) in [5, 5.41) is 3.79. The molecular weight excluding hydrogens is 374 g/mol. The van der Waals surface area contributed by atoms with Crippen molar-refractivity contribution in [1.82, 2.24) is 5.32 Å². The third kappa shape index (κ3) is 6.39. The number of hydrogen-bond acceptors (Lipinski definition) is 5. The van der Waals surface area contributed by atoms with E-state index < -0.39 is 16.6 Å². The van der Waals surface area contributed by atoms with E-state index in [1.165, 1.54) is 7.11 Å². The maximum absolute atomic E-state index is 12.3. The highest BCUT2D eigenvalue weighted by atomic mass is 28.4. The molecule has 1 fully saturated rings. The first-order valence-electron chi connectivity index (χ1n) is 10.1. The summed E-state index contributed by atoms with van der Waals surface area (Å²) >= 11 is 0. The van der Waals surface area contributed by atoms with E-state index in [1.54, 1.807) is 0 Å². The Morgan fingerprint density at radius 1 is 0.926 bits per heavy atom. The third-order valence-corrected chi connectivity index (χ3v) is 15.8. The minimum absolute atomic E-state index is 0.125. The molecule has 1 saturated heterocycles. The van der Waals surface area contributed by atoms with E-state index in [-0.39, 0.29) is 34.0 Å². The van der Waals surface area contributed by atoms with Gasteiger partial charge in [-0.2, -0.15) is 0 Å². The van der Waals surface area contributed by atoms with Crippen LogP contribution in [-0.4, -0.2) is 55.0 Å². The molecule has 0 bridgehead atoms. The van der Waals surface area contributed by atoms with Crippen LogP contribution in [0.1, 0.15) is 48.0 Å². The summed E-state index contributed by atoms with van der Waals surface area (Å²) in [5.41, 5.74) is 0. The van der Waals surface area contributed by atoms with Gasteiger partial charge in [-0.15, -0.1) is 0 Å². The molecular formula is C20H43NO4Si2. The Kier molecular flexibility index (Phi) is 7.95. The molecule has 1 aliphatic heterocycles. The number of rotatable bonds is 7. The van der Waals surface area contributed by atoms with Crippen molar-refractivity contribution in [2.45, 2.75) is 96.3 Å². The first kappa shape index (κ1) is 24.8. The molecule has 1 rings (SSSR count). The number of nitrogens with one attached hydrogen (secondary N) is 1. The Labute approximate surface area is 169 Å². The fourth-order valence-electron chi connectivity index (χ4n) is 2.68. The number of carbonyl (C=O) groups excluding carboxylic acids is 1. The summed E-state index contributed by atoms with van der Waals surface area (Å²) in [6.45, 7) is 23.7. The van der Waals surface area contributed by atoms with E-state index in [9.17, 15) is 4.79 Å². The van der Waals surface area contributed by atoms with Crippen LogP contribution in [0.15, 0.2) is 0 Å². The summed E-state index contributed by atoms with van der Waals surface area (Å²) in [4.78, 5) is 12.3. The maximum atomic E-state index is 12.3. The average molecular weight is 418 g/mol. The Balaban J connectivity index is 2.76. The first-order valence-corrected chi connectivity index (χ1v) is 16.0. The predicted octanol–water partition coefficient (Wildman–Crippen LogP) is 4.55. The molecule has 0 aromatic carbocycles. The van der Waals surface area contributed by atoms with Crippen molar-refractivity contribution in [2.75, 3.05) is 20.3 Å². The van der Waals surface area contributed by atoms with Crippen molar-refractivity contribution in [3.05, 3.63) is 0 Å². The smallest absolute Gasteiger partial charge is 0.323 e. The third-order valence-electron chi connectivity index (χ3n) is 6.85. The monoisotopic (exact) mass is 417 g/mol. The van der Waals surface area contributed by atoms with Crippen molar-refractivity contribution >= 4 is 22.6 Å². The molecule has 5 nitrogen and oxygen atoms in total. The van der Waals surface area contributed by atoms with Crippen molar-refractivity contribution in [2.24, 2.45) is 5.92 Å². The van der Waals surface area contributed by atoms with E-state index >= 15 is 0 Å². The Bertz CT molecular complexity index is 509. The second kappa shape index (κ2) is 8.65. The molecule has 0 spiro atoms. The predicted molar refractivity (Wildman–Crippen MR) is 117 cm³/mol. The van der Waals surface area contributed by atoms with Crippen LogP contribution in [-0.2, 0) is 18.4 Å². The summed E-state index contributed by atoms with van der Waals surface area (Å²) in [6.07, 6.45) is 0.878. The molecule has 0 aliphatic carbocycles. The lowest BCUT2D eigenvalue weighted by molar-refractivity contribution is -0.144. The zero-order valence-electron chi connectivity index (χ0n) is 19.5. The highest BCUT2D eigenvalue weighted by Gasteiger charge is 2.44. The largest absolute Gasteiger partial charge is 0.468 e. The van der Waals surface area contributed by atoms with E-state index in [4.69, 9.17) is 13.6 Å². The number of esters is 1. The van der Waals surface area contributed by atoms with Gasteiger partial charge in [-0.05, 0) is 42.7 Å². The topological polar surface area (TPSA) is 56.8 Å². The minimum Gasteiger partial charge on any atom is -0.468 e. The van der Waals surface area contributed by atoms with Crippen LogP contribution < -0.4 is 5.32 Å². The SMILES string of the molecule is COC(=O)[C@H]1N[C@H](CO[Si](C)(C)C(C)(C)C)C[C@@H]1CO[Si](C)(C)C(C)(C)C. The van der Waals surface area contributed by atoms with E-state index in [2.05, 4.69) is 73.0 Å². The van der Waals surface area contributed by atoms with Gasteiger partial charge >= 0.3 is 5.97 Å². The maximum Gasteiger partial charge on any atom is 0.323 e. The summed E-state index contributed by atoms with van der Waals surface area (Å²) in [5.74, 6) is -0.0757. The van der Waals surface area contributed by atoms with Gasteiger partial charge in [-0.3, -0.25) is 10.1 Å². The lowest BCUT2D eigenvalue weighted by atomic mass is 10.0. The second-order valence-electron chi connectivity index (χ2n) is 11.0. The fraction of sp³-hybridized carbons (Fsp3) is 0.950. The van der Waals surface area contributed by atoms with Gasteiger partial charge in [0.05, 0.1) is 7.11 Å². The number of methoxy groups -OCH3 is 1. The molecule has 1 heterocycles. The van der Waals surface area contributed by atoms with Gasteiger partial charge in [0.15, 0.2) is 16.6 Å². The average Bonchev–Trinajstić information content (AvgIpc) is 2.91. The van der Waals surface area contributed by atoms with Crippen LogP contribution >= 0.6 is 0 Å². The molecule has 0 aromatic rings. The fourth-order valence-corrected chi connectivity index (χ4v) is 4.80. The van der Waals surface area contributed by atoms with Gasteiger partial charge < -0.3 is 13.6 Å². The van der Waals surface area contributed by atoms with Crippen LogP contribution in [0.3, 0.4) is 0 Å². The molecule has 27 heavy (non-hydrogen) atoms.